The number of amides is 1. The first kappa shape index (κ1) is 18.5. The monoisotopic (exact) mass is 369 g/mol. The van der Waals surface area contributed by atoms with Gasteiger partial charge in [-0.25, -0.2) is 0 Å². The second-order valence-electron chi connectivity index (χ2n) is 6.52. The molecule has 2 N–H and O–H groups in total. The van der Waals surface area contributed by atoms with E-state index in [2.05, 4.69) is 11.4 Å². The summed E-state index contributed by atoms with van der Waals surface area (Å²) in [5.74, 6) is -0.133. The molecule has 0 fully saturated rings. The van der Waals surface area contributed by atoms with E-state index < -0.39 is 11.4 Å². The fraction of sp³-hybridized carbons (Fsp3) is 0.333. The van der Waals surface area contributed by atoms with Crippen molar-refractivity contribution in [3.63, 3.8) is 0 Å². The van der Waals surface area contributed by atoms with Gasteiger partial charge < -0.3 is 10.4 Å². The lowest BCUT2D eigenvalue weighted by atomic mass is 9.78. The van der Waals surface area contributed by atoms with Crippen LogP contribution in [-0.2, 0) is 21.4 Å². The topological polar surface area (TPSA) is 66.4 Å². The minimum absolute atomic E-state index is 0.0842. The fourth-order valence-corrected chi connectivity index (χ4v) is 4.70. The standard InChI is InChI=1S/C21H23NO3S/c1-2-21(20(24)25,16-9-4-3-5-10-16)14-22-19(23)18-17-11-7-6-8-15(17)12-13-26-18/h3-11,18H,2,12-14H2,1H3,(H,22,23)(H,24,25). The van der Waals surface area contributed by atoms with Crippen molar-refractivity contribution in [2.45, 2.75) is 30.4 Å². The highest BCUT2D eigenvalue weighted by Crippen LogP contribution is 2.37. The van der Waals surface area contributed by atoms with Crippen LogP contribution < -0.4 is 5.32 Å². The van der Waals surface area contributed by atoms with E-state index in [9.17, 15) is 14.7 Å². The number of benzene rings is 2. The molecule has 0 bridgehead atoms. The Bertz CT molecular complexity index is 793. The summed E-state index contributed by atoms with van der Waals surface area (Å²) in [4.78, 5) is 24.9. The number of hydrogen-bond donors (Lipinski definition) is 2. The average molecular weight is 369 g/mol. The molecule has 1 aliphatic rings. The Morgan fingerprint density at radius 2 is 1.85 bits per heavy atom. The van der Waals surface area contributed by atoms with Crippen molar-refractivity contribution in [1.82, 2.24) is 5.32 Å². The number of fused-ring (bicyclic) bond motifs is 1. The number of rotatable bonds is 6. The van der Waals surface area contributed by atoms with Gasteiger partial charge in [-0.1, -0.05) is 61.5 Å². The van der Waals surface area contributed by atoms with Gasteiger partial charge in [-0.15, -0.1) is 11.8 Å². The van der Waals surface area contributed by atoms with E-state index in [0.717, 1.165) is 17.7 Å². The SMILES string of the molecule is CCC(CNC(=O)C1SCCc2ccccc21)(C(=O)O)c1ccccc1. The molecule has 3 rings (SSSR count). The first-order chi connectivity index (χ1) is 12.6. The molecule has 1 aliphatic heterocycles. The van der Waals surface area contributed by atoms with E-state index in [0.29, 0.717) is 12.0 Å². The number of carbonyl (C=O) groups excluding carboxylic acids is 1. The molecule has 1 amide bonds. The van der Waals surface area contributed by atoms with Gasteiger partial charge in [0, 0.05) is 6.54 Å². The Balaban J connectivity index is 1.80. The normalized spacial score (nSPS) is 18.4. The molecular weight excluding hydrogens is 346 g/mol. The van der Waals surface area contributed by atoms with Gasteiger partial charge in [-0.2, -0.15) is 0 Å². The van der Waals surface area contributed by atoms with Crippen LogP contribution in [0.3, 0.4) is 0 Å². The molecule has 2 unspecified atom stereocenters. The largest absolute Gasteiger partial charge is 0.481 e. The molecule has 0 radical (unpaired) electrons. The lowest BCUT2D eigenvalue weighted by Crippen LogP contribution is -2.47. The van der Waals surface area contributed by atoms with Crippen molar-refractivity contribution in [3.05, 3.63) is 71.3 Å². The van der Waals surface area contributed by atoms with Crippen molar-refractivity contribution >= 4 is 23.6 Å². The van der Waals surface area contributed by atoms with Gasteiger partial charge >= 0.3 is 5.97 Å². The zero-order valence-electron chi connectivity index (χ0n) is 14.8. The molecule has 1 heterocycles. The Labute approximate surface area is 158 Å². The Morgan fingerprint density at radius 1 is 1.15 bits per heavy atom. The van der Waals surface area contributed by atoms with E-state index in [1.54, 1.807) is 11.8 Å². The number of nitrogens with one attached hydrogen (secondary N) is 1. The van der Waals surface area contributed by atoms with E-state index in [-0.39, 0.29) is 17.7 Å². The zero-order chi connectivity index (χ0) is 18.6. The first-order valence-electron chi connectivity index (χ1n) is 8.84. The summed E-state index contributed by atoms with van der Waals surface area (Å²) in [5.41, 5.74) is 1.84. The third-order valence-corrected chi connectivity index (χ3v) is 6.38. The summed E-state index contributed by atoms with van der Waals surface area (Å²) in [6.45, 7) is 1.93. The van der Waals surface area contributed by atoms with Crippen molar-refractivity contribution in [3.8, 4) is 0 Å². The lowest BCUT2D eigenvalue weighted by molar-refractivity contribution is -0.144. The number of carbonyl (C=O) groups is 2. The van der Waals surface area contributed by atoms with Gasteiger partial charge in [0.2, 0.25) is 5.91 Å². The summed E-state index contributed by atoms with van der Waals surface area (Å²) in [7, 11) is 0. The van der Waals surface area contributed by atoms with Gasteiger partial charge in [0.25, 0.3) is 0 Å². The summed E-state index contributed by atoms with van der Waals surface area (Å²) >= 11 is 1.62. The number of aliphatic carboxylic acids is 1. The summed E-state index contributed by atoms with van der Waals surface area (Å²) in [6, 6.07) is 17.1. The smallest absolute Gasteiger partial charge is 0.315 e. The molecule has 2 aromatic rings. The van der Waals surface area contributed by atoms with Crippen molar-refractivity contribution in [1.29, 1.82) is 0 Å². The van der Waals surface area contributed by atoms with Gasteiger partial charge in [-0.05, 0) is 35.3 Å². The maximum absolute atomic E-state index is 12.9. The second-order valence-corrected chi connectivity index (χ2v) is 7.74. The molecule has 0 saturated carbocycles. The Hall–Kier alpha value is -2.27. The average Bonchev–Trinajstić information content (AvgIpc) is 2.68. The third kappa shape index (κ3) is 3.49. The first-order valence-corrected chi connectivity index (χ1v) is 9.89. The van der Waals surface area contributed by atoms with Crippen LogP contribution in [0.1, 0.15) is 35.3 Å². The van der Waals surface area contributed by atoms with Crippen LogP contribution in [0.15, 0.2) is 54.6 Å². The highest BCUT2D eigenvalue weighted by Gasteiger charge is 2.39. The number of hydrogen-bond acceptors (Lipinski definition) is 3. The summed E-state index contributed by atoms with van der Waals surface area (Å²) in [6.07, 6.45) is 1.36. The Kier molecular flexibility index (Phi) is 5.67. The van der Waals surface area contributed by atoms with E-state index in [4.69, 9.17) is 0 Å². The third-order valence-electron chi connectivity index (χ3n) is 5.14. The highest BCUT2D eigenvalue weighted by atomic mass is 32.2. The van der Waals surface area contributed by atoms with Gasteiger partial charge in [0.1, 0.15) is 10.7 Å². The van der Waals surface area contributed by atoms with Crippen molar-refractivity contribution in [2.75, 3.05) is 12.3 Å². The molecule has 0 spiro atoms. The number of thioether (sulfide) groups is 1. The zero-order valence-corrected chi connectivity index (χ0v) is 15.6. The van der Waals surface area contributed by atoms with E-state index in [1.165, 1.54) is 5.56 Å². The molecular formula is C21H23NO3S. The maximum atomic E-state index is 12.9. The number of carboxylic acids is 1. The molecule has 5 heteroatoms. The molecule has 2 atom stereocenters. The lowest BCUT2D eigenvalue weighted by Gasteiger charge is -2.31. The minimum atomic E-state index is -1.12. The van der Waals surface area contributed by atoms with Gasteiger partial charge in [0.15, 0.2) is 0 Å². The van der Waals surface area contributed by atoms with E-state index in [1.807, 2.05) is 55.5 Å². The summed E-state index contributed by atoms with van der Waals surface area (Å²) < 4.78 is 0. The second kappa shape index (κ2) is 7.96. The number of carboxylic acid groups (broad SMARTS) is 1. The van der Waals surface area contributed by atoms with Crippen LogP contribution in [0, 0.1) is 0 Å². The molecule has 136 valence electrons. The maximum Gasteiger partial charge on any atom is 0.315 e. The van der Waals surface area contributed by atoms with Crippen LogP contribution >= 0.6 is 11.8 Å². The van der Waals surface area contributed by atoms with Crippen LogP contribution in [0.5, 0.6) is 0 Å². The van der Waals surface area contributed by atoms with Crippen molar-refractivity contribution in [2.24, 2.45) is 0 Å². The molecule has 2 aromatic carbocycles. The fourth-order valence-electron chi connectivity index (χ4n) is 3.48. The highest BCUT2D eigenvalue weighted by molar-refractivity contribution is 8.00. The molecule has 0 aromatic heterocycles. The van der Waals surface area contributed by atoms with Crippen molar-refractivity contribution < 1.29 is 14.7 Å². The van der Waals surface area contributed by atoms with Crippen LogP contribution in [-0.4, -0.2) is 29.3 Å². The quantitative estimate of drug-likeness (QED) is 0.817. The minimum Gasteiger partial charge on any atom is -0.481 e. The van der Waals surface area contributed by atoms with Crippen LogP contribution in [0.2, 0.25) is 0 Å². The Morgan fingerprint density at radius 3 is 2.54 bits per heavy atom. The van der Waals surface area contributed by atoms with Crippen LogP contribution in [0.4, 0.5) is 0 Å². The van der Waals surface area contributed by atoms with Crippen LogP contribution in [0.25, 0.3) is 0 Å². The van der Waals surface area contributed by atoms with Gasteiger partial charge in [0.05, 0.1) is 0 Å². The van der Waals surface area contributed by atoms with Gasteiger partial charge in [-0.3, -0.25) is 9.59 Å². The molecule has 4 nitrogen and oxygen atoms in total. The molecule has 26 heavy (non-hydrogen) atoms. The predicted molar refractivity (Wildman–Crippen MR) is 104 cm³/mol. The molecule has 0 aliphatic carbocycles. The predicted octanol–water partition coefficient (Wildman–Crippen LogP) is 3.57. The van der Waals surface area contributed by atoms with E-state index >= 15 is 0 Å². The summed E-state index contributed by atoms with van der Waals surface area (Å²) in [5, 5.41) is 12.5. The molecule has 0 saturated heterocycles. The number of aryl methyl sites for hydroxylation is 1.